The number of aromatic amines is 1. The van der Waals surface area contributed by atoms with Gasteiger partial charge in [-0.15, -0.1) is 22.7 Å². The Labute approximate surface area is 249 Å². The molecule has 7 nitrogen and oxygen atoms in total. The van der Waals surface area contributed by atoms with E-state index in [-0.39, 0.29) is 5.56 Å². The fourth-order valence-corrected chi connectivity index (χ4v) is 5.68. The zero-order valence-corrected chi connectivity index (χ0v) is 25.1. The Bertz CT molecular complexity index is 1910. The summed E-state index contributed by atoms with van der Waals surface area (Å²) in [6.45, 7) is 0. The van der Waals surface area contributed by atoms with E-state index in [1.807, 2.05) is 54.6 Å². The molecule has 5 heterocycles. The second-order valence-electron chi connectivity index (χ2n) is 7.37. The number of aromatic nitrogens is 5. The first-order chi connectivity index (χ1) is 18.7. The molecular formula is C25H16Cl4N5O2PS2. The Hall–Kier alpha value is -2.62. The van der Waals surface area contributed by atoms with Crippen LogP contribution in [0.2, 0.25) is 5.15 Å². The van der Waals surface area contributed by atoms with Crippen LogP contribution in [0.4, 0.5) is 0 Å². The summed E-state index contributed by atoms with van der Waals surface area (Å²) >= 11 is 23.0. The summed E-state index contributed by atoms with van der Waals surface area (Å²) in [5.41, 5.74) is 1.69. The van der Waals surface area contributed by atoms with Crippen molar-refractivity contribution in [3.05, 3.63) is 107 Å². The van der Waals surface area contributed by atoms with Crippen LogP contribution in [0.1, 0.15) is 0 Å². The van der Waals surface area contributed by atoms with Crippen LogP contribution in [0, 0.1) is 0 Å². The van der Waals surface area contributed by atoms with Crippen molar-refractivity contribution >= 4 is 114 Å². The van der Waals surface area contributed by atoms with Crippen molar-refractivity contribution in [3.8, 4) is 0 Å². The first-order valence-corrected chi connectivity index (χ1v) is 17.3. The summed E-state index contributed by atoms with van der Waals surface area (Å²) < 4.78 is 13.5. The number of nitrogens with one attached hydrogen (secondary N) is 1. The maximum Gasteiger partial charge on any atom is 0.339 e. The van der Waals surface area contributed by atoms with Gasteiger partial charge in [-0.25, -0.2) is 15.0 Å². The zero-order valence-electron chi connectivity index (χ0n) is 19.5. The average molecular weight is 655 g/mol. The number of fused-ring (bicyclic) bond motifs is 6. The summed E-state index contributed by atoms with van der Waals surface area (Å²) in [4.78, 5) is 30.2. The first kappa shape index (κ1) is 29.4. The molecule has 0 saturated carbocycles. The molecule has 1 N–H and O–H groups in total. The molecular weight excluding hydrogens is 639 g/mol. The summed E-state index contributed by atoms with van der Waals surface area (Å²) in [5.74, 6) is 0. The number of hydrogen-bond donors (Lipinski definition) is 1. The molecule has 0 amide bonds. The van der Waals surface area contributed by atoms with Gasteiger partial charge in [-0.05, 0) is 58.0 Å². The van der Waals surface area contributed by atoms with Crippen LogP contribution in [0.5, 0.6) is 0 Å². The van der Waals surface area contributed by atoms with Gasteiger partial charge in [0.2, 0.25) is 0 Å². The Balaban J connectivity index is 0.000000133. The van der Waals surface area contributed by atoms with Gasteiger partial charge >= 0.3 is 5.20 Å². The van der Waals surface area contributed by atoms with Gasteiger partial charge in [0.15, 0.2) is 0 Å². The summed E-state index contributed by atoms with van der Waals surface area (Å²) in [6.07, 6.45) is 6.45. The van der Waals surface area contributed by atoms with E-state index in [4.69, 9.17) is 11.6 Å². The van der Waals surface area contributed by atoms with E-state index in [1.54, 1.807) is 23.7 Å². The third-order valence-electron chi connectivity index (χ3n) is 4.85. The Morgan fingerprint density at radius 1 is 0.718 bits per heavy atom. The van der Waals surface area contributed by atoms with Crippen molar-refractivity contribution < 1.29 is 4.57 Å². The number of thiophene rings is 2. The van der Waals surface area contributed by atoms with Crippen LogP contribution in [-0.2, 0) is 4.57 Å². The Kier molecular flexibility index (Phi) is 10.3. The van der Waals surface area contributed by atoms with Crippen molar-refractivity contribution in [1.82, 2.24) is 24.9 Å². The molecule has 0 spiro atoms. The second kappa shape index (κ2) is 13.6. The predicted octanol–water partition coefficient (Wildman–Crippen LogP) is 9.53. The van der Waals surface area contributed by atoms with Gasteiger partial charge < -0.3 is 4.98 Å². The molecule has 0 fully saturated rings. The van der Waals surface area contributed by atoms with Crippen LogP contribution in [0.25, 0.3) is 40.6 Å². The molecule has 198 valence electrons. The Morgan fingerprint density at radius 3 is 1.79 bits per heavy atom. The number of H-pyrrole nitrogens is 1. The lowest BCUT2D eigenvalue weighted by molar-refractivity contribution is 0.600. The Morgan fingerprint density at radius 2 is 1.26 bits per heavy atom. The van der Waals surface area contributed by atoms with Crippen molar-refractivity contribution in [2.24, 2.45) is 0 Å². The van der Waals surface area contributed by atoms with E-state index in [1.165, 1.54) is 28.7 Å². The molecule has 0 saturated heterocycles. The molecule has 7 rings (SSSR count). The topological polar surface area (TPSA) is 101 Å². The lowest BCUT2D eigenvalue weighted by atomic mass is 10.2. The molecule has 0 bridgehead atoms. The van der Waals surface area contributed by atoms with Crippen LogP contribution < -0.4 is 5.56 Å². The lowest BCUT2D eigenvalue weighted by Crippen LogP contribution is -2.03. The highest BCUT2D eigenvalue weighted by Crippen LogP contribution is 2.61. The highest BCUT2D eigenvalue weighted by molar-refractivity contribution is 8.24. The van der Waals surface area contributed by atoms with Crippen LogP contribution in [0.15, 0.2) is 96.6 Å². The number of rotatable bonds is 0. The molecule has 0 aliphatic heterocycles. The quantitative estimate of drug-likeness (QED) is 0.129. The lowest BCUT2D eigenvalue weighted by Gasteiger charge is -1.90. The van der Waals surface area contributed by atoms with E-state index < -0.39 is 5.20 Å². The van der Waals surface area contributed by atoms with Crippen molar-refractivity contribution in [2.45, 2.75) is 0 Å². The molecule has 0 radical (unpaired) electrons. The second-order valence-corrected chi connectivity index (χ2v) is 16.5. The smallest absolute Gasteiger partial charge is 0.312 e. The predicted molar refractivity (Wildman–Crippen MR) is 167 cm³/mol. The third kappa shape index (κ3) is 8.19. The maximum absolute atomic E-state index is 11.5. The minimum atomic E-state index is -3.22. The minimum Gasteiger partial charge on any atom is -0.312 e. The highest BCUT2D eigenvalue weighted by atomic mass is 36.0. The van der Waals surface area contributed by atoms with Gasteiger partial charge in [0.1, 0.15) is 16.2 Å². The highest BCUT2D eigenvalue weighted by Gasteiger charge is 2.09. The van der Waals surface area contributed by atoms with E-state index in [0.717, 1.165) is 31.2 Å². The number of halogens is 4. The van der Waals surface area contributed by atoms with E-state index >= 15 is 0 Å². The van der Waals surface area contributed by atoms with Gasteiger partial charge in [-0.1, -0.05) is 54.1 Å². The fourth-order valence-electron chi connectivity index (χ4n) is 3.34. The normalized spacial score (nSPS) is 10.8. The number of benzene rings is 2. The molecule has 0 atom stereocenters. The van der Waals surface area contributed by atoms with Crippen molar-refractivity contribution in [2.75, 3.05) is 0 Å². The molecule has 39 heavy (non-hydrogen) atoms. The van der Waals surface area contributed by atoms with Gasteiger partial charge in [0, 0.05) is 32.6 Å². The zero-order chi connectivity index (χ0) is 27.8. The van der Waals surface area contributed by atoms with Gasteiger partial charge in [-0.3, -0.25) is 14.3 Å². The largest absolute Gasteiger partial charge is 0.339 e. The van der Waals surface area contributed by atoms with E-state index in [2.05, 4.69) is 70.8 Å². The number of nitrogens with zero attached hydrogens (tertiary/aromatic N) is 4. The van der Waals surface area contributed by atoms with Gasteiger partial charge in [0.25, 0.3) is 5.56 Å². The standard InChI is InChI=1S/C10H5ClN2S.C10H6N2OS.C5H5N.Cl3OP/c11-10-9-8(12-5-13-10)6-3-1-2-4-7(6)14-9;13-10-9-8(11-5-12-10)6-3-1-2-4-7(6)14-9;1-2-4-6-5-3-1;1-5(2,3)4/h1-5H;1-5H,(H,11,12,13);1-5H;. The van der Waals surface area contributed by atoms with Gasteiger partial charge in [0.05, 0.1) is 22.1 Å². The molecule has 0 unspecified atom stereocenters. The SMILES string of the molecule is Clc1ncnc2c1sc1ccccc12.O=P(Cl)(Cl)Cl.O=c1[nH]cnc2c1sc1ccccc12.c1ccncc1. The molecule has 14 heteroatoms. The maximum atomic E-state index is 11.5. The van der Waals surface area contributed by atoms with Crippen molar-refractivity contribution in [3.63, 3.8) is 0 Å². The van der Waals surface area contributed by atoms with Crippen LogP contribution >= 0.6 is 73.2 Å². The molecule has 0 aliphatic rings. The third-order valence-corrected chi connectivity index (χ3v) is 7.57. The number of hydrogen-bond acceptors (Lipinski definition) is 8. The molecule has 5 aromatic heterocycles. The summed E-state index contributed by atoms with van der Waals surface area (Å²) in [6, 6.07) is 21.8. The number of pyridine rings is 1. The van der Waals surface area contributed by atoms with Crippen molar-refractivity contribution in [1.29, 1.82) is 0 Å². The first-order valence-electron chi connectivity index (χ1n) is 10.9. The monoisotopic (exact) mass is 653 g/mol. The average Bonchev–Trinajstić information content (AvgIpc) is 3.50. The minimum absolute atomic E-state index is 0.0591. The van der Waals surface area contributed by atoms with Crippen LogP contribution in [-0.4, -0.2) is 24.9 Å². The summed E-state index contributed by atoms with van der Waals surface area (Å²) in [5, 5.41) is -0.480. The molecule has 7 aromatic rings. The van der Waals surface area contributed by atoms with Gasteiger partial charge in [-0.2, -0.15) is 0 Å². The van der Waals surface area contributed by atoms with E-state index in [0.29, 0.717) is 9.85 Å². The van der Waals surface area contributed by atoms with E-state index in [9.17, 15) is 9.36 Å². The molecule has 0 aliphatic carbocycles. The summed E-state index contributed by atoms with van der Waals surface area (Å²) in [7, 11) is 0. The fraction of sp³-hybridized carbons (Fsp3) is 0. The van der Waals surface area contributed by atoms with Crippen LogP contribution in [0.3, 0.4) is 0 Å². The molecule has 2 aromatic carbocycles.